The second-order valence-corrected chi connectivity index (χ2v) is 7.41. The molecule has 28 heavy (non-hydrogen) atoms. The maximum Gasteiger partial charge on any atom is 0.325 e. The number of hydrogen-bond donors (Lipinski definition) is 1. The summed E-state index contributed by atoms with van der Waals surface area (Å²) in [6.45, 7) is 1.21. The van der Waals surface area contributed by atoms with Crippen molar-refractivity contribution in [3.63, 3.8) is 0 Å². The van der Waals surface area contributed by atoms with Crippen LogP contribution in [0.3, 0.4) is 0 Å². The summed E-state index contributed by atoms with van der Waals surface area (Å²) in [7, 11) is 0. The van der Waals surface area contributed by atoms with Gasteiger partial charge in [0.1, 0.15) is 5.54 Å². The molecule has 4 rings (SSSR count). The molecule has 0 saturated carbocycles. The van der Waals surface area contributed by atoms with Gasteiger partial charge in [0.05, 0.1) is 6.54 Å². The van der Waals surface area contributed by atoms with Gasteiger partial charge in [-0.25, -0.2) is 4.79 Å². The molecular weight excluding hydrogens is 407 g/mol. The average molecular weight is 421 g/mol. The van der Waals surface area contributed by atoms with E-state index < -0.39 is 29.8 Å². The number of ketones is 1. The van der Waals surface area contributed by atoms with Gasteiger partial charge in [-0.2, -0.15) is 0 Å². The molecule has 1 N–H and O–H groups in total. The van der Waals surface area contributed by atoms with Crippen LogP contribution in [0.2, 0.25) is 10.0 Å². The molecule has 2 aliphatic heterocycles. The molecule has 2 aromatic carbocycles. The lowest BCUT2D eigenvalue weighted by Gasteiger charge is -2.23. The second-order valence-electron chi connectivity index (χ2n) is 6.56. The highest BCUT2D eigenvalue weighted by Crippen LogP contribution is 2.36. The standard InChI is InChI=1S/C19H14Cl2N2O5/c1-19(12-4-3-11(20)7-13(12)21)17(25)23(18(26)22-19)8-14(24)10-2-5-15-16(6-10)28-9-27-15/h2-7H,8-9H2,1H3,(H,22,26). The molecule has 7 nitrogen and oxygen atoms in total. The van der Waals surface area contributed by atoms with E-state index in [1.54, 1.807) is 24.3 Å². The lowest BCUT2D eigenvalue weighted by atomic mass is 9.92. The zero-order chi connectivity index (χ0) is 20.1. The largest absolute Gasteiger partial charge is 0.454 e. The van der Waals surface area contributed by atoms with Gasteiger partial charge in [-0.05, 0) is 37.3 Å². The van der Waals surface area contributed by atoms with Gasteiger partial charge in [0.2, 0.25) is 6.79 Å². The van der Waals surface area contributed by atoms with Gasteiger partial charge in [-0.15, -0.1) is 0 Å². The molecular formula is C19H14Cl2N2O5. The number of carbonyl (C=O) groups excluding carboxylic acids is 3. The predicted octanol–water partition coefficient (Wildman–Crippen LogP) is 3.37. The number of nitrogens with zero attached hydrogens (tertiary/aromatic N) is 1. The molecule has 1 fully saturated rings. The Kier molecular flexibility index (Phi) is 4.44. The Morgan fingerprint density at radius 3 is 2.64 bits per heavy atom. The first-order chi connectivity index (χ1) is 13.3. The van der Waals surface area contributed by atoms with Crippen molar-refractivity contribution in [3.8, 4) is 11.5 Å². The molecule has 144 valence electrons. The van der Waals surface area contributed by atoms with Crippen molar-refractivity contribution in [2.24, 2.45) is 0 Å². The second kappa shape index (κ2) is 6.68. The molecule has 2 aromatic rings. The first-order valence-electron chi connectivity index (χ1n) is 8.32. The summed E-state index contributed by atoms with van der Waals surface area (Å²) in [5.74, 6) is 0.00130. The Morgan fingerprint density at radius 1 is 1.14 bits per heavy atom. The van der Waals surface area contributed by atoms with Crippen molar-refractivity contribution < 1.29 is 23.9 Å². The summed E-state index contributed by atoms with van der Waals surface area (Å²) in [5.41, 5.74) is -0.689. The highest BCUT2D eigenvalue weighted by molar-refractivity contribution is 6.35. The summed E-state index contributed by atoms with van der Waals surface area (Å²) in [4.78, 5) is 38.9. The number of rotatable bonds is 4. The van der Waals surface area contributed by atoms with E-state index in [9.17, 15) is 14.4 Å². The average Bonchev–Trinajstić information content (AvgIpc) is 3.19. The van der Waals surface area contributed by atoms with Crippen LogP contribution in [-0.4, -0.2) is 36.0 Å². The van der Waals surface area contributed by atoms with Crippen LogP contribution in [0.25, 0.3) is 0 Å². The van der Waals surface area contributed by atoms with Crippen LogP contribution in [0.15, 0.2) is 36.4 Å². The first-order valence-corrected chi connectivity index (χ1v) is 9.07. The number of fused-ring (bicyclic) bond motifs is 1. The number of imide groups is 1. The number of carbonyl (C=O) groups is 3. The SMILES string of the molecule is CC1(c2ccc(Cl)cc2Cl)NC(=O)N(CC(=O)c2ccc3c(c2)OCO3)C1=O. The van der Waals surface area contributed by atoms with Crippen LogP contribution in [0.4, 0.5) is 4.79 Å². The zero-order valence-electron chi connectivity index (χ0n) is 14.6. The molecule has 1 saturated heterocycles. The fraction of sp³-hybridized carbons (Fsp3) is 0.211. The van der Waals surface area contributed by atoms with Crippen LogP contribution < -0.4 is 14.8 Å². The molecule has 9 heteroatoms. The van der Waals surface area contributed by atoms with Crippen molar-refractivity contribution in [2.45, 2.75) is 12.5 Å². The molecule has 0 bridgehead atoms. The Labute approximate surface area is 170 Å². The highest BCUT2D eigenvalue weighted by atomic mass is 35.5. The minimum absolute atomic E-state index is 0.0835. The molecule has 0 aromatic heterocycles. The van der Waals surface area contributed by atoms with Gasteiger partial charge in [0, 0.05) is 21.2 Å². The maximum atomic E-state index is 13.0. The fourth-order valence-corrected chi connectivity index (χ4v) is 3.82. The molecule has 2 heterocycles. The normalized spacial score (nSPS) is 20.5. The number of amides is 3. The maximum absolute atomic E-state index is 13.0. The van der Waals surface area contributed by atoms with Gasteiger partial charge in [0.25, 0.3) is 5.91 Å². The van der Waals surface area contributed by atoms with E-state index in [4.69, 9.17) is 32.7 Å². The molecule has 3 amide bonds. The Morgan fingerprint density at radius 2 is 1.89 bits per heavy atom. The summed E-state index contributed by atoms with van der Waals surface area (Å²) >= 11 is 12.1. The predicted molar refractivity (Wildman–Crippen MR) is 101 cm³/mol. The van der Waals surface area contributed by atoms with Crippen LogP contribution in [0.5, 0.6) is 11.5 Å². The van der Waals surface area contributed by atoms with E-state index in [0.717, 1.165) is 4.90 Å². The molecule has 1 atom stereocenters. The van der Waals surface area contributed by atoms with E-state index in [1.807, 2.05) is 0 Å². The van der Waals surface area contributed by atoms with Crippen molar-refractivity contribution >= 4 is 40.9 Å². The van der Waals surface area contributed by atoms with E-state index in [-0.39, 0.29) is 11.8 Å². The van der Waals surface area contributed by atoms with Gasteiger partial charge in [0.15, 0.2) is 17.3 Å². The minimum atomic E-state index is -1.39. The number of halogens is 2. The van der Waals surface area contributed by atoms with E-state index in [1.165, 1.54) is 19.1 Å². The smallest absolute Gasteiger partial charge is 0.325 e. The van der Waals surface area contributed by atoms with Crippen molar-refractivity contribution in [2.75, 3.05) is 13.3 Å². The van der Waals surface area contributed by atoms with Crippen LogP contribution >= 0.6 is 23.2 Å². The number of ether oxygens (including phenoxy) is 2. The molecule has 0 radical (unpaired) electrons. The lowest BCUT2D eigenvalue weighted by molar-refractivity contribution is -0.130. The number of nitrogens with one attached hydrogen (secondary N) is 1. The quantitative estimate of drug-likeness (QED) is 0.605. The third-order valence-corrected chi connectivity index (χ3v) is 5.29. The van der Waals surface area contributed by atoms with Crippen LogP contribution in [0.1, 0.15) is 22.8 Å². The van der Waals surface area contributed by atoms with Crippen LogP contribution in [-0.2, 0) is 10.3 Å². The molecule has 0 spiro atoms. The summed E-state index contributed by atoms with van der Waals surface area (Å²) in [6, 6.07) is 8.66. The monoisotopic (exact) mass is 420 g/mol. The number of urea groups is 1. The highest BCUT2D eigenvalue weighted by Gasteiger charge is 2.50. The summed E-state index contributed by atoms with van der Waals surface area (Å²) < 4.78 is 10.5. The van der Waals surface area contributed by atoms with E-state index in [0.29, 0.717) is 27.6 Å². The van der Waals surface area contributed by atoms with Gasteiger partial charge in [-0.1, -0.05) is 29.3 Å². The first kappa shape index (κ1) is 18.6. The Balaban J connectivity index is 1.58. The zero-order valence-corrected chi connectivity index (χ0v) is 16.1. The third kappa shape index (κ3) is 2.96. The van der Waals surface area contributed by atoms with Crippen molar-refractivity contribution in [1.29, 1.82) is 0 Å². The number of hydrogen-bond acceptors (Lipinski definition) is 5. The van der Waals surface area contributed by atoms with Gasteiger partial charge >= 0.3 is 6.03 Å². The van der Waals surface area contributed by atoms with Gasteiger partial charge < -0.3 is 14.8 Å². The molecule has 0 aliphatic carbocycles. The van der Waals surface area contributed by atoms with Gasteiger partial charge in [-0.3, -0.25) is 14.5 Å². The van der Waals surface area contributed by atoms with Crippen molar-refractivity contribution in [1.82, 2.24) is 10.2 Å². The van der Waals surface area contributed by atoms with Crippen molar-refractivity contribution in [3.05, 3.63) is 57.6 Å². The topological polar surface area (TPSA) is 84.9 Å². The summed E-state index contributed by atoms with van der Waals surface area (Å²) in [6.07, 6.45) is 0. The third-order valence-electron chi connectivity index (χ3n) is 4.74. The molecule has 2 aliphatic rings. The number of Topliss-reactive ketones (excluding diaryl/α,β-unsaturated/α-hetero) is 1. The Bertz CT molecular complexity index is 1030. The minimum Gasteiger partial charge on any atom is -0.454 e. The van der Waals surface area contributed by atoms with E-state index in [2.05, 4.69) is 5.32 Å². The van der Waals surface area contributed by atoms with E-state index >= 15 is 0 Å². The molecule has 1 unspecified atom stereocenters. The fourth-order valence-electron chi connectivity index (χ4n) is 3.22. The number of benzene rings is 2. The lowest BCUT2D eigenvalue weighted by Crippen LogP contribution is -2.41. The Hall–Kier alpha value is -2.77. The summed E-state index contributed by atoms with van der Waals surface area (Å²) in [5, 5.41) is 3.27. The van der Waals surface area contributed by atoms with Crippen LogP contribution in [0, 0.1) is 0 Å².